The summed E-state index contributed by atoms with van der Waals surface area (Å²) in [6.45, 7) is 8.50. The van der Waals surface area contributed by atoms with Gasteiger partial charge < -0.3 is 23.6 Å². The number of aromatic hydroxyl groups is 1. The summed E-state index contributed by atoms with van der Waals surface area (Å²) in [6, 6.07) is 5.21. The van der Waals surface area contributed by atoms with E-state index in [2.05, 4.69) is 9.97 Å². The van der Waals surface area contributed by atoms with Gasteiger partial charge in [0.2, 0.25) is 5.75 Å². The van der Waals surface area contributed by atoms with Gasteiger partial charge in [-0.3, -0.25) is 4.57 Å². The summed E-state index contributed by atoms with van der Waals surface area (Å²) in [4.78, 5) is 9.00. The van der Waals surface area contributed by atoms with Crippen LogP contribution in [-0.4, -0.2) is 42.5 Å². The minimum atomic E-state index is -3.51. The zero-order valence-electron chi connectivity index (χ0n) is 19.0. The van der Waals surface area contributed by atoms with Gasteiger partial charge in [0.25, 0.3) is 0 Å². The number of aromatic nitrogens is 2. The topological polar surface area (TPSA) is 100 Å². The molecule has 3 rings (SSSR count). The van der Waals surface area contributed by atoms with Crippen molar-refractivity contribution in [3.05, 3.63) is 41.0 Å². The molecular formula is C22H31N2O6P. The van der Waals surface area contributed by atoms with Crippen LogP contribution < -0.4 is 9.47 Å². The normalized spacial score (nSPS) is 18.4. The van der Waals surface area contributed by atoms with E-state index in [4.69, 9.17) is 18.5 Å². The van der Waals surface area contributed by atoms with E-state index in [0.29, 0.717) is 37.4 Å². The highest BCUT2D eigenvalue weighted by molar-refractivity contribution is 7.54. The van der Waals surface area contributed by atoms with Crippen LogP contribution in [0.1, 0.15) is 48.7 Å². The van der Waals surface area contributed by atoms with E-state index in [0.717, 1.165) is 11.4 Å². The predicted octanol–water partition coefficient (Wildman–Crippen LogP) is 4.76. The highest BCUT2D eigenvalue weighted by Crippen LogP contribution is 2.66. The first-order chi connectivity index (χ1) is 14.6. The van der Waals surface area contributed by atoms with Crippen molar-refractivity contribution in [2.45, 2.75) is 46.2 Å². The van der Waals surface area contributed by atoms with Crippen LogP contribution in [0.5, 0.6) is 17.2 Å². The van der Waals surface area contributed by atoms with Crippen molar-refractivity contribution in [3.8, 4) is 17.2 Å². The molecule has 1 unspecified atom stereocenters. The number of methoxy groups -OCH3 is 2. The highest BCUT2D eigenvalue weighted by Gasteiger charge is 2.44. The summed E-state index contributed by atoms with van der Waals surface area (Å²) in [6.07, 6.45) is 0.913. The maximum atomic E-state index is 13.8. The molecule has 0 amide bonds. The van der Waals surface area contributed by atoms with Gasteiger partial charge in [0.05, 0.1) is 33.1 Å². The average Bonchev–Trinajstić information content (AvgIpc) is 2.71. The van der Waals surface area contributed by atoms with Crippen LogP contribution in [0, 0.1) is 19.3 Å². The Morgan fingerprint density at radius 2 is 1.58 bits per heavy atom. The third-order valence-electron chi connectivity index (χ3n) is 5.21. The lowest BCUT2D eigenvalue weighted by Gasteiger charge is -2.37. The lowest BCUT2D eigenvalue weighted by atomic mass is 9.97. The first-order valence-electron chi connectivity index (χ1n) is 10.2. The van der Waals surface area contributed by atoms with E-state index < -0.39 is 13.3 Å². The number of phenols is 1. The molecule has 2 aromatic rings. The van der Waals surface area contributed by atoms with Crippen LogP contribution in [0.15, 0.2) is 18.2 Å². The molecule has 0 aliphatic carbocycles. The summed E-state index contributed by atoms with van der Waals surface area (Å²) in [7, 11) is -0.604. The Bertz CT molecular complexity index is 935. The Hall–Kier alpha value is -2.15. The van der Waals surface area contributed by atoms with E-state index in [1.807, 2.05) is 33.8 Å². The third kappa shape index (κ3) is 5.37. The molecule has 0 saturated carbocycles. The second-order valence-electron chi connectivity index (χ2n) is 8.65. The number of nitrogens with zero attached hydrogens (tertiary/aromatic N) is 2. The zero-order valence-corrected chi connectivity index (χ0v) is 19.9. The highest BCUT2D eigenvalue weighted by atomic mass is 31.2. The number of aryl methyl sites for hydroxylation is 3. The fourth-order valence-electron chi connectivity index (χ4n) is 3.58. The summed E-state index contributed by atoms with van der Waals surface area (Å²) >= 11 is 0. The van der Waals surface area contributed by atoms with Gasteiger partial charge in [0.15, 0.2) is 11.5 Å². The van der Waals surface area contributed by atoms with Crippen LogP contribution in [0.4, 0.5) is 0 Å². The van der Waals surface area contributed by atoms with Gasteiger partial charge in [0, 0.05) is 23.2 Å². The second kappa shape index (κ2) is 9.15. The minimum absolute atomic E-state index is 0.116. The third-order valence-corrected chi connectivity index (χ3v) is 7.51. The molecule has 1 aliphatic rings. The number of hydrogen-bond acceptors (Lipinski definition) is 8. The van der Waals surface area contributed by atoms with Crippen molar-refractivity contribution in [2.75, 3.05) is 27.4 Å². The smallest absolute Gasteiger partial charge is 0.338 e. The summed E-state index contributed by atoms with van der Waals surface area (Å²) in [5.74, 6) is 1.01. The van der Waals surface area contributed by atoms with Crippen molar-refractivity contribution in [1.82, 2.24) is 9.97 Å². The first-order valence-corrected chi connectivity index (χ1v) is 11.8. The van der Waals surface area contributed by atoms with E-state index >= 15 is 0 Å². The predicted molar refractivity (Wildman–Crippen MR) is 117 cm³/mol. The lowest BCUT2D eigenvalue weighted by Crippen LogP contribution is -2.30. The van der Waals surface area contributed by atoms with Gasteiger partial charge in [-0.2, -0.15) is 0 Å². The molecule has 1 aliphatic heterocycles. The fourth-order valence-corrected chi connectivity index (χ4v) is 6.03. The van der Waals surface area contributed by atoms with E-state index in [1.54, 1.807) is 12.1 Å². The maximum Gasteiger partial charge on any atom is 0.338 e. The lowest BCUT2D eigenvalue weighted by molar-refractivity contribution is 0.0375. The Labute approximate surface area is 183 Å². The Morgan fingerprint density at radius 1 is 1.06 bits per heavy atom. The standard InChI is InChI=1S/C22H31N2O6P/c1-14-9-15(2)24-20(23-14)8-7-19(31(26)29-12-22(3,4)13-30-31)16-10-17(27-5)21(25)18(11-16)28-6/h9-11,19,25H,7-8,12-13H2,1-6H3. The number of phenolic OH excluding ortho intramolecular Hbond substituents is 1. The second-order valence-corrected chi connectivity index (χ2v) is 10.9. The molecule has 1 aromatic carbocycles. The molecular weight excluding hydrogens is 419 g/mol. The van der Waals surface area contributed by atoms with Crippen molar-refractivity contribution in [3.63, 3.8) is 0 Å². The molecule has 0 bridgehead atoms. The minimum Gasteiger partial charge on any atom is -0.502 e. The number of benzene rings is 1. The monoisotopic (exact) mass is 450 g/mol. The molecule has 0 radical (unpaired) electrons. The van der Waals surface area contributed by atoms with E-state index in [1.165, 1.54) is 14.2 Å². The van der Waals surface area contributed by atoms with Crippen molar-refractivity contribution < 1.29 is 28.2 Å². The molecule has 2 heterocycles. The molecule has 1 atom stereocenters. The first kappa shape index (κ1) is 23.5. The molecule has 1 saturated heterocycles. The Balaban J connectivity index is 1.99. The number of rotatable bonds is 7. The molecule has 9 heteroatoms. The van der Waals surface area contributed by atoms with Crippen LogP contribution >= 0.6 is 7.60 Å². The number of hydrogen-bond donors (Lipinski definition) is 1. The van der Waals surface area contributed by atoms with E-state index in [9.17, 15) is 9.67 Å². The van der Waals surface area contributed by atoms with Crippen molar-refractivity contribution in [1.29, 1.82) is 0 Å². The van der Waals surface area contributed by atoms with Gasteiger partial charge in [0.1, 0.15) is 5.82 Å². The molecule has 1 N–H and O–H groups in total. The van der Waals surface area contributed by atoms with Gasteiger partial charge in [-0.25, -0.2) is 9.97 Å². The van der Waals surface area contributed by atoms with Crippen molar-refractivity contribution in [2.24, 2.45) is 5.41 Å². The van der Waals surface area contributed by atoms with Gasteiger partial charge in [-0.05, 0) is 44.0 Å². The summed E-state index contributed by atoms with van der Waals surface area (Å²) < 4.78 is 36.1. The number of ether oxygens (including phenoxy) is 2. The van der Waals surface area contributed by atoms with Gasteiger partial charge in [-0.15, -0.1) is 0 Å². The fraction of sp³-hybridized carbons (Fsp3) is 0.545. The zero-order chi connectivity index (χ0) is 22.8. The van der Waals surface area contributed by atoms with E-state index in [-0.39, 0.29) is 22.7 Å². The summed E-state index contributed by atoms with van der Waals surface area (Å²) in [5, 5.41) is 10.3. The molecule has 1 fully saturated rings. The summed E-state index contributed by atoms with van der Waals surface area (Å²) in [5.41, 5.74) is 1.58. The largest absolute Gasteiger partial charge is 0.502 e. The molecule has 31 heavy (non-hydrogen) atoms. The molecule has 1 aromatic heterocycles. The SMILES string of the molecule is COc1cc(C(CCc2nc(C)cc(C)n2)P2(=O)OCC(C)(C)CO2)cc(OC)c1O. The van der Waals surface area contributed by atoms with Crippen LogP contribution in [0.2, 0.25) is 0 Å². The molecule has 170 valence electrons. The Kier molecular flexibility index (Phi) is 6.94. The quantitative estimate of drug-likeness (QED) is 0.603. The average molecular weight is 450 g/mol. The maximum absolute atomic E-state index is 13.8. The van der Waals surface area contributed by atoms with Gasteiger partial charge in [-0.1, -0.05) is 13.8 Å². The Morgan fingerprint density at radius 3 is 2.06 bits per heavy atom. The van der Waals surface area contributed by atoms with Crippen molar-refractivity contribution >= 4 is 7.60 Å². The van der Waals surface area contributed by atoms with Crippen LogP contribution in [0.25, 0.3) is 0 Å². The molecule has 0 spiro atoms. The van der Waals surface area contributed by atoms with Gasteiger partial charge >= 0.3 is 7.60 Å². The van der Waals surface area contributed by atoms with Crippen LogP contribution in [0.3, 0.4) is 0 Å². The molecule has 8 nitrogen and oxygen atoms in total. The van der Waals surface area contributed by atoms with Crippen LogP contribution in [-0.2, 0) is 20.0 Å².